The molecule has 0 saturated carbocycles. The van der Waals surface area contributed by atoms with Crippen LogP contribution in [0.4, 0.5) is 0 Å². The number of rotatable bonds is 8. The van der Waals surface area contributed by atoms with Crippen LogP contribution in [0.1, 0.15) is 30.1 Å². The van der Waals surface area contributed by atoms with E-state index in [9.17, 15) is 9.00 Å². The number of ether oxygens (including phenoxy) is 1. The molecule has 0 aliphatic carbocycles. The van der Waals surface area contributed by atoms with Crippen LogP contribution in [0.2, 0.25) is 5.02 Å². The number of carbonyl (C=O) groups is 1. The number of unbranched alkanes of at least 4 members (excludes halogenated alkanes) is 1. The Labute approximate surface area is 120 Å². The lowest BCUT2D eigenvalue weighted by molar-refractivity contribution is 0.0697. The fourth-order valence-electron chi connectivity index (χ4n) is 1.41. The van der Waals surface area contributed by atoms with Gasteiger partial charge in [-0.25, -0.2) is 4.79 Å². The van der Waals surface area contributed by atoms with Crippen molar-refractivity contribution in [3.05, 3.63) is 28.8 Å². The minimum absolute atomic E-state index is 0.0283. The van der Waals surface area contributed by atoms with Gasteiger partial charge in [-0.3, -0.25) is 4.21 Å². The van der Waals surface area contributed by atoms with Gasteiger partial charge in [-0.1, -0.05) is 24.9 Å². The molecule has 0 bridgehead atoms. The number of hydrogen-bond acceptors (Lipinski definition) is 3. The lowest BCUT2D eigenvalue weighted by atomic mass is 10.2. The Bertz CT molecular complexity index is 462. The normalized spacial score (nSPS) is 12.3. The minimum atomic E-state index is -1.27. The van der Waals surface area contributed by atoms with Crippen molar-refractivity contribution in [1.29, 1.82) is 0 Å². The zero-order valence-corrected chi connectivity index (χ0v) is 12.3. The van der Waals surface area contributed by atoms with Crippen LogP contribution in [0.25, 0.3) is 0 Å². The zero-order chi connectivity index (χ0) is 14.3. The summed E-state index contributed by atoms with van der Waals surface area (Å²) in [5.41, 5.74) is -0.0283. The quantitative estimate of drug-likeness (QED) is 0.750. The van der Waals surface area contributed by atoms with Gasteiger partial charge in [-0.05, 0) is 24.6 Å². The molecule has 1 atom stereocenters. The van der Waals surface area contributed by atoms with Gasteiger partial charge in [-0.15, -0.1) is 0 Å². The van der Waals surface area contributed by atoms with Crippen molar-refractivity contribution in [3.8, 4) is 0 Å². The molecule has 19 heavy (non-hydrogen) atoms. The van der Waals surface area contributed by atoms with Crippen molar-refractivity contribution >= 4 is 28.4 Å². The van der Waals surface area contributed by atoms with Crippen molar-refractivity contribution in [3.63, 3.8) is 0 Å². The number of benzene rings is 1. The molecule has 1 N–H and O–H groups in total. The molecule has 0 aromatic heterocycles. The van der Waals surface area contributed by atoms with Crippen molar-refractivity contribution in [1.82, 2.24) is 0 Å². The first kappa shape index (κ1) is 16.1. The monoisotopic (exact) mass is 304 g/mol. The highest BCUT2D eigenvalue weighted by Gasteiger charge is 2.12. The average molecular weight is 305 g/mol. The molecule has 0 spiro atoms. The molecule has 1 aromatic rings. The average Bonchev–Trinajstić information content (AvgIpc) is 2.38. The molecular formula is C13H17ClO4S. The molecule has 6 heteroatoms. The Morgan fingerprint density at radius 2 is 2.16 bits per heavy atom. The second-order valence-corrected chi connectivity index (χ2v) is 5.94. The summed E-state index contributed by atoms with van der Waals surface area (Å²) in [6, 6.07) is 4.39. The van der Waals surface area contributed by atoms with E-state index in [-0.39, 0.29) is 10.6 Å². The Balaban J connectivity index is 2.57. The summed E-state index contributed by atoms with van der Waals surface area (Å²) >= 11 is 5.75. The molecule has 0 amide bonds. The van der Waals surface area contributed by atoms with Gasteiger partial charge in [0, 0.05) is 11.5 Å². The summed E-state index contributed by atoms with van der Waals surface area (Å²) < 4.78 is 17.3. The van der Waals surface area contributed by atoms with Gasteiger partial charge in [0.05, 0.1) is 33.7 Å². The van der Waals surface area contributed by atoms with Crippen molar-refractivity contribution in [2.75, 3.05) is 19.0 Å². The molecule has 0 aliphatic heterocycles. The summed E-state index contributed by atoms with van der Waals surface area (Å²) in [5, 5.41) is 9.08. The standard InChI is InChI=1S/C13H17ClO4S/c1-2-3-6-18-7-8-19(17)10-4-5-12(14)11(9-10)13(15)16/h4-5,9H,2-3,6-8H2,1H3,(H,15,16). The summed E-state index contributed by atoms with van der Waals surface area (Å²) in [5.74, 6) is -0.771. The third-order valence-corrected chi connectivity index (χ3v) is 4.13. The van der Waals surface area contributed by atoms with Crippen molar-refractivity contribution < 1.29 is 18.8 Å². The van der Waals surface area contributed by atoms with Crippen molar-refractivity contribution in [2.45, 2.75) is 24.7 Å². The number of carboxylic acid groups (broad SMARTS) is 1. The van der Waals surface area contributed by atoms with Crippen LogP contribution in [-0.2, 0) is 15.5 Å². The second kappa shape index (κ2) is 8.30. The maximum Gasteiger partial charge on any atom is 0.337 e. The molecule has 106 valence electrons. The Hall–Kier alpha value is -0.910. The van der Waals surface area contributed by atoms with E-state index in [1.54, 1.807) is 6.07 Å². The van der Waals surface area contributed by atoms with Gasteiger partial charge in [0.25, 0.3) is 0 Å². The molecule has 4 nitrogen and oxygen atoms in total. The van der Waals surface area contributed by atoms with Crippen LogP contribution >= 0.6 is 11.6 Å². The van der Waals surface area contributed by atoms with Gasteiger partial charge in [0.1, 0.15) is 0 Å². The number of halogens is 1. The van der Waals surface area contributed by atoms with Crippen LogP contribution in [0.3, 0.4) is 0 Å². The third kappa shape index (κ3) is 5.30. The summed E-state index contributed by atoms with van der Waals surface area (Å²) in [6.07, 6.45) is 2.04. The van der Waals surface area contributed by atoms with Crippen LogP contribution in [0.5, 0.6) is 0 Å². The van der Waals surface area contributed by atoms with Crippen LogP contribution in [0.15, 0.2) is 23.1 Å². The fraction of sp³-hybridized carbons (Fsp3) is 0.462. The topological polar surface area (TPSA) is 63.6 Å². The molecular weight excluding hydrogens is 288 g/mol. The predicted octanol–water partition coefficient (Wildman–Crippen LogP) is 2.96. The van der Waals surface area contributed by atoms with E-state index in [4.69, 9.17) is 21.4 Å². The Kier molecular flexibility index (Phi) is 7.05. The summed E-state index contributed by atoms with van der Waals surface area (Å²) in [4.78, 5) is 11.4. The SMILES string of the molecule is CCCCOCCS(=O)c1ccc(Cl)c(C(=O)O)c1. The molecule has 0 fully saturated rings. The molecule has 0 radical (unpaired) electrons. The van der Waals surface area contributed by atoms with E-state index in [1.807, 2.05) is 0 Å². The number of hydrogen-bond donors (Lipinski definition) is 1. The van der Waals surface area contributed by atoms with Gasteiger partial charge >= 0.3 is 5.97 Å². The van der Waals surface area contributed by atoms with Crippen LogP contribution in [0, 0.1) is 0 Å². The van der Waals surface area contributed by atoms with Gasteiger partial charge in [0.2, 0.25) is 0 Å². The highest BCUT2D eigenvalue weighted by Crippen LogP contribution is 2.19. The first-order valence-corrected chi connectivity index (χ1v) is 7.75. The highest BCUT2D eigenvalue weighted by atomic mass is 35.5. The zero-order valence-electron chi connectivity index (χ0n) is 10.7. The van der Waals surface area contributed by atoms with Crippen LogP contribution in [-0.4, -0.2) is 34.3 Å². The second-order valence-electron chi connectivity index (χ2n) is 3.96. The number of carboxylic acids is 1. The van der Waals surface area contributed by atoms with Gasteiger partial charge in [0.15, 0.2) is 0 Å². The molecule has 1 unspecified atom stereocenters. The smallest absolute Gasteiger partial charge is 0.337 e. The maximum absolute atomic E-state index is 12.0. The van der Waals surface area contributed by atoms with E-state index >= 15 is 0 Å². The molecule has 1 rings (SSSR count). The van der Waals surface area contributed by atoms with Gasteiger partial charge in [-0.2, -0.15) is 0 Å². The molecule has 0 heterocycles. The third-order valence-electron chi connectivity index (χ3n) is 2.49. The molecule has 0 aliphatic rings. The van der Waals surface area contributed by atoms with E-state index in [2.05, 4.69) is 6.92 Å². The first-order valence-electron chi connectivity index (χ1n) is 6.05. The first-order chi connectivity index (χ1) is 9.06. The maximum atomic E-state index is 12.0. The molecule has 0 saturated heterocycles. The van der Waals surface area contributed by atoms with E-state index in [0.717, 1.165) is 12.8 Å². The number of aromatic carboxylic acids is 1. The lowest BCUT2D eigenvalue weighted by Crippen LogP contribution is -2.08. The van der Waals surface area contributed by atoms with Crippen molar-refractivity contribution in [2.24, 2.45) is 0 Å². The summed E-state index contributed by atoms with van der Waals surface area (Å²) in [7, 11) is -1.27. The van der Waals surface area contributed by atoms with Crippen LogP contribution < -0.4 is 0 Å². The van der Waals surface area contributed by atoms with E-state index in [0.29, 0.717) is 23.9 Å². The largest absolute Gasteiger partial charge is 0.478 e. The minimum Gasteiger partial charge on any atom is -0.478 e. The fourth-order valence-corrected chi connectivity index (χ4v) is 2.58. The van der Waals surface area contributed by atoms with E-state index in [1.165, 1.54) is 12.1 Å². The van der Waals surface area contributed by atoms with E-state index < -0.39 is 16.8 Å². The highest BCUT2D eigenvalue weighted by molar-refractivity contribution is 7.85. The Morgan fingerprint density at radius 1 is 1.42 bits per heavy atom. The Morgan fingerprint density at radius 3 is 2.79 bits per heavy atom. The van der Waals surface area contributed by atoms with Gasteiger partial charge < -0.3 is 9.84 Å². The lowest BCUT2D eigenvalue weighted by Gasteiger charge is -2.06. The summed E-state index contributed by atoms with van der Waals surface area (Å²) in [6.45, 7) is 3.13. The predicted molar refractivity (Wildman–Crippen MR) is 75.4 cm³/mol. The molecule has 1 aromatic carbocycles.